The quantitative estimate of drug-likeness (QED) is 0.500. The molecule has 2 unspecified atom stereocenters. The van der Waals surface area contributed by atoms with Gasteiger partial charge in [-0.3, -0.25) is 0 Å². The summed E-state index contributed by atoms with van der Waals surface area (Å²) in [6, 6.07) is 0.293. The Bertz CT molecular complexity index is 126. The minimum Gasteiger partial charge on any atom is -0.453 e. The fourth-order valence-corrected chi connectivity index (χ4v) is 0.591. The fourth-order valence-electron chi connectivity index (χ4n) is 0.591. The third kappa shape index (κ3) is 1.57. The summed E-state index contributed by atoms with van der Waals surface area (Å²) in [5.41, 5.74) is 5.40. The third-order valence-corrected chi connectivity index (χ3v) is 1.33. The van der Waals surface area contributed by atoms with Crippen molar-refractivity contribution in [3.8, 4) is 0 Å². The predicted octanol–water partition coefficient (Wildman–Crippen LogP) is -0.558. The molecule has 1 fully saturated rings. The summed E-state index contributed by atoms with van der Waals surface area (Å²) in [7, 11) is 1.34. The SMILES string of the molecule is COC(=O)NC1CC1N. The molecule has 2 atom stereocenters. The number of alkyl carbamates (subject to hydrolysis) is 1. The highest BCUT2D eigenvalue weighted by molar-refractivity contribution is 5.68. The molecular formula is C5H10N2O2. The summed E-state index contributed by atoms with van der Waals surface area (Å²) in [6.07, 6.45) is 0.475. The van der Waals surface area contributed by atoms with E-state index in [0.717, 1.165) is 6.42 Å². The van der Waals surface area contributed by atoms with Gasteiger partial charge in [0.25, 0.3) is 0 Å². The Morgan fingerprint density at radius 2 is 2.44 bits per heavy atom. The molecule has 0 aliphatic heterocycles. The maximum atomic E-state index is 10.4. The van der Waals surface area contributed by atoms with Crippen LogP contribution in [0, 0.1) is 0 Å². The van der Waals surface area contributed by atoms with Gasteiger partial charge in [-0.2, -0.15) is 0 Å². The second-order valence-corrected chi connectivity index (χ2v) is 2.14. The maximum Gasteiger partial charge on any atom is 0.407 e. The predicted molar refractivity (Wildman–Crippen MR) is 31.9 cm³/mol. The van der Waals surface area contributed by atoms with Gasteiger partial charge in [-0.15, -0.1) is 0 Å². The highest BCUT2D eigenvalue weighted by Crippen LogP contribution is 2.17. The number of carbonyl (C=O) groups is 1. The van der Waals surface area contributed by atoms with E-state index in [1.165, 1.54) is 7.11 Å². The van der Waals surface area contributed by atoms with E-state index in [-0.39, 0.29) is 12.1 Å². The molecule has 0 spiro atoms. The molecule has 1 rings (SSSR count). The maximum absolute atomic E-state index is 10.4. The Morgan fingerprint density at radius 1 is 1.89 bits per heavy atom. The lowest BCUT2D eigenvalue weighted by atomic mass is 10.6. The van der Waals surface area contributed by atoms with Crippen molar-refractivity contribution in [2.24, 2.45) is 5.73 Å². The summed E-state index contributed by atoms with van der Waals surface area (Å²) in [5, 5.41) is 2.57. The van der Waals surface area contributed by atoms with Crippen molar-refractivity contribution in [3.63, 3.8) is 0 Å². The fraction of sp³-hybridized carbons (Fsp3) is 0.800. The number of ether oxygens (including phenoxy) is 1. The first-order valence-corrected chi connectivity index (χ1v) is 2.84. The number of amides is 1. The second-order valence-electron chi connectivity index (χ2n) is 2.14. The van der Waals surface area contributed by atoms with Crippen LogP contribution in [0.2, 0.25) is 0 Å². The van der Waals surface area contributed by atoms with Crippen LogP contribution in [0.5, 0.6) is 0 Å². The average Bonchev–Trinajstić information content (AvgIpc) is 2.47. The molecule has 1 amide bonds. The Labute approximate surface area is 53.4 Å². The highest BCUT2D eigenvalue weighted by atomic mass is 16.5. The zero-order valence-corrected chi connectivity index (χ0v) is 5.26. The molecule has 0 radical (unpaired) electrons. The lowest BCUT2D eigenvalue weighted by Gasteiger charge is -1.98. The van der Waals surface area contributed by atoms with Crippen LogP contribution < -0.4 is 11.1 Å². The number of nitrogens with one attached hydrogen (secondary N) is 1. The number of hydrogen-bond donors (Lipinski definition) is 2. The van der Waals surface area contributed by atoms with Crippen molar-refractivity contribution < 1.29 is 9.53 Å². The van der Waals surface area contributed by atoms with E-state index >= 15 is 0 Å². The molecule has 0 heterocycles. The van der Waals surface area contributed by atoms with Crippen molar-refractivity contribution in [1.29, 1.82) is 0 Å². The molecule has 1 saturated carbocycles. The van der Waals surface area contributed by atoms with E-state index in [2.05, 4.69) is 10.1 Å². The van der Waals surface area contributed by atoms with E-state index < -0.39 is 6.09 Å². The first-order valence-electron chi connectivity index (χ1n) is 2.84. The lowest BCUT2D eigenvalue weighted by Crippen LogP contribution is -2.29. The zero-order valence-electron chi connectivity index (χ0n) is 5.26. The summed E-state index contributed by atoms with van der Waals surface area (Å²) >= 11 is 0. The van der Waals surface area contributed by atoms with Gasteiger partial charge < -0.3 is 15.8 Å². The average molecular weight is 130 g/mol. The minimum atomic E-state index is -0.395. The van der Waals surface area contributed by atoms with Crippen LogP contribution in [-0.2, 0) is 4.74 Å². The number of nitrogens with two attached hydrogens (primary N) is 1. The van der Waals surface area contributed by atoms with Gasteiger partial charge in [0.15, 0.2) is 0 Å². The van der Waals surface area contributed by atoms with E-state index in [1.54, 1.807) is 0 Å². The van der Waals surface area contributed by atoms with Gasteiger partial charge in [0.1, 0.15) is 0 Å². The van der Waals surface area contributed by atoms with Crippen LogP contribution in [0.15, 0.2) is 0 Å². The smallest absolute Gasteiger partial charge is 0.407 e. The van der Waals surface area contributed by atoms with Crippen LogP contribution >= 0.6 is 0 Å². The largest absolute Gasteiger partial charge is 0.453 e. The van der Waals surface area contributed by atoms with Crippen LogP contribution in [0.1, 0.15) is 6.42 Å². The van der Waals surface area contributed by atoms with Crippen LogP contribution in [0.25, 0.3) is 0 Å². The summed E-state index contributed by atoms with van der Waals surface area (Å²) in [5.74, 6) is 0. The van der Waals surface area contributed by atoms with Crippen molar-refractivity contribution in [3.05, 3.63) is 0 Å². The molecule has 4 nitrogen and oxygen atoms in total. The molecule has 4 heteroatoms. The molecule has 9 heavy (non-hydrogen) atoms. The molecule has 52 valence electrons. The van der Waals surface area contributed by atoms with Crippen molar-refractivity contribution in [2.45, 2.75) is 18.5 Å². The minimum absolute atomic E-state index is 0.143. The molecule has 1 aliphatic carbocycles. The highest BCUT2D eigenvalue weighted by Gasteiger charge is 2.34. The molecule has 1 aliphatic rings. The monoisotopic (exact) mass is 130 g/mol. The van der Waals surface area contributed by atoms with Crippen LogP contribution in [-0.4, -0.2) is 25.3 Å². The van der Waals surface area contributed by atoms with Crippen molar-refractivity contribution in [1.82, 2.24) is 5.32 Å². The lowest BCUT2D eigenvalue weighted by molar-refractivity contribution is 0.170. The normalized spacial score (nSPS) is 31.3. The van der Waals surface area contributed by atoms with Gasteiger partial charge in [-0.25, -0.2) is 4.79 Å². The molecule has 0 aromatic rings. The molecular weight excluding hydrogens is 120 g/mol. The molecule has 0 aromatic carbocycles. The number of methoxy groups -OCH3 is 1. The van der Waals surface area contributed by atoms with Crippen molar-refractivity contribution >= 4 is 6.09 Å². The summed E-state index contributed by atoms with van der Waals surface area (Å²) in [4.78, 5) is 10.4. The zero-order chi connectivity index (χ0) is 6.85. The number of hydrogen-bond acceptors (Lipinski definition) is 3. The topological polar surface area (TPSA) is 64.3 Å². The Morgan fingerprint density at radius 3 is 2.78 bits per heavy atom. The number of carbonyl (C=O) groups excluding carboxylic acids is 1. The van der Waals surface area contributed by atoms with Gasteiger partial charge in [-0.05, 0) is 6.42 Å². The van der Waals surface area contributed by atoms with Gasteiger partial charge in [-0.1, -0.05) is 0 Å². The third-order valence-electron chi connectivity index (χ3n) is 1.33. The molecule has 0 aromatic heterocycles. The number of rotatable bonds is 1. The van der Waals surface area contributed by atoms with Gasteiger partial charge in [0.05, 0.1) is 7.11 Å². The van der Waals surface area contributed by atoms with E-state index in [1.807, 2.05) is 0 Å². The van der Waals surface area contributed by atoms with Crippen LogP contribution in [0.3, 0.4) is 0 Å². The molecule has 3 N–H and O–H groups in total. The molecule has 0 bridgehead atoms. The van der Waals surface area contributed by atoms with Gasteiger partial charge in [0, 0.05) is 12.1 Å². The summed E-state index contributed by atoms with van der Waals surface area (Å²) < 4.78 is 4.34. The van der Waals surface area contributed by atoms with E-state index in [9.17, 15) is 4.79 Å². The van der Waals surface area contributed by atoms with E-state index in [0.29, 0.717) is 0 Å². The van der Waals surface area contributed by atoms with Gasteiger partial charge in [0.2, 0.25) is 0 Å². The Balaban J connectivity index is 2.12. The first-order chi connectivity index (χ1) is 4.24. The van der Waals surface area contributed by atoms with Crippen molar-refractivity contribution in [2.75, 3.05) is 7.11 Å². The first kappa shape index (κ1) is 6.35. The van der Waals surface area contributed by atoms with Crippen LogP contribution in [0.4, 0.5) is 4.79 Å². The second kappa shape index (κ2) is 2.23. The summed E-state index contributed by atoms with van der Waals surface area (Å²) in [6.45, 7) is 0. The Kier molecular flexibility index (Phi) is 1.57. The standard InChI is InChI=1S/C5H10N2O2/c1-9-5(8)7-4-2-3(4)6/h3-4H,2,6H2,1H3,(H,7,8). The molecule has 0 saturated heterocycles. The van der Waals surface area contributed by atoms with E-state index in [4.69, 9.17) is 5.73 Å². The Hall–Kier alpha value is -0.770. The van der Waals surface area contributed by atoms with Gasteiger partial charge >= 0.3 is 6.09 Å².